The van der Waals surface area contributed by atoms with Gasteiger partial charge in [-0.1, -0.05) is 20.3 Å². The van der Waals surface area contributed by atoms with E-state index >= 15 is 0 Å². The minimum Gasteiger partial charge on any atom is -0.326 e. The molecular weight excluding hydrogens is 174 g/mol. The molecular formula is C11H25N3. The summed E-state index contributed by atoms with van der Waals surface area (Å²) >= 11 is 0. The standard InChI is InChI=1S/C11H25N3/c1-4-10(2)11(12)9-14-7-5-13(3)6-8-14/h10-11H,4-9,12H2,1-3H3/t10-,11+/m0/s1. The largest absolute Gasteiger partial charge is 0.326 e. The average Bonchev–Trinajstić information content (AvgIpc) is 2.20. The topological polar surface area (TPSA) is 32.5 Å². The zero-order valence-corrected chi connectivity index (χ0v) is 9.87. The summed E-state index contributed by atoms with van der Waals surface area (Å²) in [5, 5.41) is 0. The highest BCUT2D eigenvalue weighted by molar-refractivity contribution is 4.76. The Balaban J connectivity index is 2.23. The minimum atomic E-state index is 0.350. The van der Waals surface area contributed by atoms with E-state index in [0.29, 0.717) is 12.0 Å². The quantitative estimate of drug-likeness (QED) is 0.720. The van der Waals surface area contributed by atoms with Crippen LogP contribution >= 0.6 is 0 Å². The fraction of sp³-hybridized carbons (Fsp3) is 1.00. The molecule has 0 radical (unpaired) electrons. The van der Waals surface area contributed by atoms with E-state index in [9.17, 15) is 0 Å². The normalized spacial score (nSPS) is 24.9. The molecule has 1 aliphatic rings. The molecule has 14 heavy (non-hydrogen) atoms. The summed E-state index contributed by atoms with van der Waals surface area (Å²) in [4.78, 5) is 4.88. The van der Waals surface area contributed by atoms with Crippen molar-refractivity contribution < 1.29 is 0 Å². The molecule has 0 saturated carbocycles. The predicted octanol–water partition coefficient (Wildman–Crippen LogP) is 0.607. The first-order valence-electron chi connectivity index (χ1n) is 5.80. The second-order valence-electron chi connectivity index (χ2n) is 4.65. The molecule has 0 aliphatic carbocycles. The van der Waals surface area contributed by atoms with Gasteiger partial charge in [-0.15, -0.1) is 0 Å². The maximum atomic E-state index is 6.14. The summed E-state index contributed by atoms with van der Waals surface area (Å²) in [7, 11) is 2.19. The van der Waals surface area contributed by atoms with Gasteiger partial charge in [-0.05, 0) is 13.0 Å². The second kappa shape index (κ2) is 5.69. The molecule has 0 aromatic heterocycles. The second-order valence-corrected chi connectivity index (χ2v) is 4.65. The van der Waals surface area contributed by atoms with Crippen molar-refractivity contribution in [2.24, 2.45) is 11.7 Å². The van der Waals surface area contributed by atoms with E-state index in [2.05, 4.69) is 30.7 Å². The van der Waals surface area contributed by atoms with E-state index in [1.807, 2.05) is 0 Å². The maximum Gasteiger partial charge on any atom is 0.0193 e. The molecule has 0 aromatic carbocycles. The van der Waals surface area contributed by atoms with E-state index in [0.717, 1.165) is 6.54 Å². The van der Waals surface area contributed by atoms with E-state index in [-0.39, 0.29) is 0 Å². The van der Waals surface area contributed by atoms with Gasteiger partial charge >= 0.3 is 0 Å². The maximum absolute atomic E-state index is 6.14. The average molecular weight is 199 g/mol. The summed E-state index contributed by atoms with van der Waals surface area (Å²) in [6, 6.07) is 0.350. The molecule has 0 amide bonds. The van der Waals surface area contributed by atoms with Gasteiger partial charge < -0.3 is 10.6 Å². The van der Waals surface area contributed by atoms with Crippen LogP contribution in [0.5, 0.6) is 0 Å². The van der Waals surface area contributed by atoms with E-state index in [1.165, 1.54) is 32.6 Å². The predicted molar refractivity (Wildman–Crippen MR) is 61.4 cm³/mol. The highest BCUT2D eigenvalue weighted by atomic mass is 15.2. The van der Waals surface area contributed by atoms with Gasteiger partial charge in [0.15, 0.2) is 0 Å². The minimum absolute atomic E-state index is 0.350. The van der Waals surface area contributed by atoms with E-state index in [4.69, 9.17) is 5.73 Å². The molecule has 3 nitrogen and oxygen atoms in total. The van der Waals surface area contributed by atoms with Gasteiger partial charge in [-0.3, -0.25) is 4.90 Å². The van der Waals surface area contributed by atoms with Crippen molar-refractivity contribution in [2.75, 3.05) is 39.8 Å². The summed E-state index contributed by atoms with van der Waals surface area (Å²) in [5.74, 6) is 0.648. The van der Waals surface area contributed by atoms with Crippen molar-refractivity contribution >= 4 is 0 Å². The van der Waals surface area contributed by atoms with Gasteiger partial charge in [0.25, 0.3) is 0 Å². The summed E-state index contributed by atoms with van der Waals surface area (Å²) in [6.45, 7) is 10.3. The molecule has 0 unspecified atom stereocenters. The summed E-state index contributed by atoms with van der Waals surface area (Å²) in [5.41, 5.74) is 6.14. The molecule has 1 fully saturated rings. The number of rotatable bonds is 4. The van der Waals surface area contributed by atoms with Crippen molar-refractivity contribution in [1.29, 1.82) is 0 Å². The Bertz CT molecular complexity index is 153. The number of hydrogen-bond donors (Lipinski definition) is 1. The highest BCUT2D eigenvalue weighted by Gasteiger charge is 2.18. The Hall–Kier alpha value is -0.120. The van der Waals surface area contributed by atoms with Crippen LogP contribution in [-0.4, -0.2) is 55.6 Å². The Kier molecular flexibility index (Phi) is 4.85. The molecule has 0 bridgehead atoms. The molecule has 3 heteroatoms. The van der Waals surface area contributed by atoms with Crippen LogP contribution in [0.1, 0.15) is 20.3 Å². The van der Waals surface area contributed by atoms with Crippen LogP contribution in [-0.2, 0) is 0 Å². The third-order valence-electron chi connectivity index (χ3n) is 3.44. The Morgan fingerprint density at radius 3 is 2.29 bits per heavy atom. The van der Waals surface area contributed by atoms with Crippen LogP contribution in [0.4, 0.5) is 0 Å². The molecule has 0 aromatic rings. The lowest BCUT2D eigenvalue weighted by Crippen LogP contribution is -2.49. The lowest BCUT2D eigenvalue weighted by Gasteiger charge is -2.35. The van der Waals surface area contributed by atoms with Crippen molar-refractivity contribution in [3.8, 4) is 0 Å². The van der Waals surface area contributed by atoms with E-state index in [1.54, 1.807) is 0 Å². The molecule has 0 spiro atoms. The molecule has 84 valence electrons. The number of hydrogen-bond acceptors (Lipinski definition) is 3. The first kappa shape index (κ1) is 12.0. The first-order valence-corrected chi connectivity index (χ1v) is 5.80. The smallest absolute Gasteiger partial charge is 0.0193 e. The zero-order chi connectivity index (χ0) is 10.6. The van der Waals surface area contributed by atoms with Gasteiger partial charge in [0.2, 0.25) is 0 Å². The highest BCUT2D eigenvalue weighted by Crippen LogP contribution is 2.08. The van der Waals surface area contributed by atoms with Crippen LogP contribution < -0.4 is 5.73 Å². The summed E-state index contributed by atoms with van der Waals surface area (Å²) in [6.07, 6.45) is 1.19. The third kappa shape index (κ3) is 3.56. The van der Waals surface area contributed by atoms with Crippen molar-refractivity contribution in [1.82, 2.24) is 9.80 Å². The van der Waals surface area contributed by atoms with Crippen molar-refractivity contribution in [2.45, 2.75) is 26.3 Å². The van der Waals surface area contributed by atoms with E-state index < -0.39 is 0 Å². The van der Waals surface area contributed by atoms with Crippen LogP contribution in [0.25, 0.3) is 0 Å². The van der Waals surface area contributed by atoms with Crippen molar-refractivity contribution in [3.05, 3.63) is 0 Å². The number of nitrogens with zero attached hydrogens (tertiary/aromatic N) is 2. The zero-order valence-electron chi connectivity index (χ0n) is 9.87. The lowest BCUT2D eigenvalue weighted by molar-refractivity contribution is 0.139. The molecule has 1 rings (SSSR count). The molecule has 1 aliphatic heterocycles. The van der Waals surface area contributed by atoms with Gasteiger partial charge in [-0.25, -0.2) is 0 Å². The van der Waals surface area contributed by atoms with Gasteiger partial charge in [-0.2, -0.15) is 0 Å². The summed E-state index contributed by atoms with van der Waals surface area (Å²) < 4.78 is 0. The Morgan fingerprint density at radius 1 is 1.21 bits per heavy atom. The van der Waals surface area contributed by atoms with Gasteiger partial charge in [0.05, 0.1) is 0 Å². The first-order chi connectivity index (χ1) is 6.63. The number of piperazine rings is 1. The van der Waals surface area contributed by atoms with Gasteiger partial charge in [0.1, 0.15) is 0 Å². The molecule has 1 heterocycles. The van der Waals surface area contributed by atoms with Crippen LogP contribution in [0.2, 0.25) is 0 Å². The molecule has 2 atom stereocenters. The van der Waals surface area contributed by atoms with Crippen LogP contribution in [0, 0.1) is 5.92 Å². The van der Waals surface area contributed by atoms with Crippen LogP contribution in [0.15, 0.2) is 0 Å². The Labute approximate surface area is 88.2 Å². The van der Waals surface area contributed by atoms with Crippen LogP contribution in [0.3, 0.4) is 0 Å². The lowest BCUT2D eigenvalue weighted by atomic mass is 9.99. The number of likely N-dealkylation sites (N-methyl/N-ethyl adjacent to an activating group) is 1. The number of nitrogens with two attached hydrogens (primary N) is 1. The molecule has 1 saturated heterocycles. The fourth-order valence-electron chi connectivity index (χ4n) is 1.81. The fourth-order valence-corrected chi connectivity index (χ4v) is 1.81. The van der Waals surface area contributed by atoms with Gasteiger partial charge in [0, 0.05) is 38.8 Å². The third-order valence-corrected chi connectivity index (χ3v) is 3.44. The van der Waals surface area contributed by atoms with Crippen molar-refractivity contribution in [3.63, 3.8) is 0 Å². The molecule has 2 N–H and O–H groups in total. The SMILES string of the molecule is CC[C@H](C)[C@H](N)CN1CCN(C)CC1. The monoisotopic (exact) mass is 199 g/mol. The Morgan fingerprint density at radius 2 is 1.79 bits per heavy atom.